The van der Waals surface area contributed by atoms with Gasteiger partial charge in [0.15, 0.2) is 5.69 Å². The molecule has 5 heteroatoms. The average Bonchev–Trinajstić information content (AvgIpc) is 2.17. The maximum absolute atomic E-state index is 11.3. The molecule has 0 N–H and O–H groups in total. The van der Waals surface area contributed by atoms with E-state index in [1.807, 2.05) is 13.8 Å². The zero-order valence-corrected chi connectivity index (χ0v) is 8.35. The molecule has 0 radical (unpaired) electrons. The number of carbonyl (C=O) groups excluding carboxylic acids is 1. The minimum Gasteiger partial charge on any atom is -0.464 e. The van der Waals surface area contributed by atoms with Gasteiger partial charge in [-0.2, -0.15) is 5.10 Å². The molecule has 1 heterocycles. The number of esters is 1. The molecule has 0 saturated carbocycles. The fraction of sp³-hybridized carbons (Fsp3) is 0.444. The summed E-state index contributed by atoms with van der Waals surface area (Å²) in [6, 6.07) is 2.58. The van der Waals surface area contributed by atoms with Crippen molar-refractivity contribution in [3.63, 3.8) is 0 Å². The first-order valence-corrected chi connectivity index (χ1v) is 4.24. The standard InChI is InChI=1S/C9H12N2O3/c1-6(2)11-8(12)5-4-7(10-11)9(13)14-3/h4-6H,1-3H3. The Morgan fingerprint density at radius 1 is 1.50 bits per heavy atom. The summed E-state index contributed by atoms with van der Waals surface area (Å²) < 4.78 is 5.74. The number of hydrogen-bond acceptors (Lipinski definition) is 4. The Morgan fingerprint density at radius 2 is 2.14 bits per heavy atom. The van der Waals surface area contributed by atoms with E-state index in [9.17, 15) is 9.59 Å². The lowest BCUT2D eigenvalue weighted by atomic mass is 10.3. The molecule has 0 aliphatic heterocycles. The molecule has 1 aromatic heterocycles. The van der Waals surface area contributed by atoms with E-state index in [0.717, 1.165) is 0 Å². The molecule has 0 saturated heterocycles. The maximum Gasteiger partial charge on any atom is 0.358 e. The number of methoxy groups -OCH3 is 1. The Balaban J connectivity index is 3.19. The second-order valence-corrected chi connectivity index (χ2v) is 3.09. The van der Waals surface area contributed by atoms with Gasteiger partial charge < -0.3 is 4.74 Å². The van der Waals surface area contributed by atoms with E-state index in [-0.39, 0.29) is 17.3 Å². The van der Waals surface area contributed by atoms with Crippen LogP contribution in [0.5, 0.6) is 0 Å². The molecule has 1 aromatic rings. The highest BCUT2D eigenvalue weighted by atomic mass is 16.5. The quantitative estimate of drug-likeness (QED) is 0.650. The van der Waals surface area contributed by atoms with Crippen LogP contribution in [0.25, 0.3) is 0 Å². The Bertz CT molecular complexity index is 395. The molecule has 1 rings (SSSR count). The third-order valence-electron chi connectivity index (χ3n) is 1.71. The summed E-state index contributed by atoms with van der Waals surface area (Å²) in [6.45, 7) is 3.63. The SMILES string of the molecule is COC(=O)c1ccc(=O)n(C(C)C)n1. The summed E-state index contributed by atoms with van der Waals surface area (Å²) in [7, 11) is 1.27. The van der Waals surface area contributed by atoms with Gasteiger partial charge in [0.2, 0.25) is 0 Å². The molecule has 0 aliphatic rings. The number of carbonyl (C=O) groups is 1. The third kappa shape index (κ3) is 1.99. The molecule has 0 spiro atoms. The van der Waals surface area contributed by atoms with E-state index in [1.165, 1.54) is 23.9 Å². The van der Waals surface area contributed by atoms with Crippen LogP contribution in [0.2, 0.25) is 0 Å². The first kappa shape index (κ1) is 10.4. The van der Waals surface area contributed by atoms with Gasteiger partial charge in [0.05, 0.1) is 13.2 Å². The smallest absolute Gasteiger partial charge is 0.358 e. The van der Waals surface area contributed by atoms with Crippen molar-refractivity contribution < 1.29 is 9.53 Å². The second-order valence-electron chi connectivity index (χ2n) is 3.09. The van der Waals surface area contributed by atoms with E-state index in [2.05, 4.69) is 9.84 Å². The zero-order chi connectivity index (χ0) is 10.7. The largest absolute Gasteiger partial charge is 0.464 e. The van der Waals surface area contributed by atoms with Gasteiger partial charge in [-0.25, -0.2) is 9.48 Å². The fourth-order valence-electron chi connectivity index (χ4n) is 1.01. The Hall–Kier alpha value is -1.65. The van der Waals surface area contributed by atoms with Gasteiger partial charge in [0.1, 0.15) is 0 Å². The maximum atomic E-state index is 11.3. The van der Waals surface area contributed by atoms with Gasteiger partial charge in [-0.1, -0.05) is 0 Å². The van der Waals surface area contributed by atoms with Crippen LogP contribution in [-0.4, -0.2) is 22.9 Å². The van der Waals surface area contributed by atoms with Crippen molar-refractivity contribution in [1.29, 1.82) is 0 Å². The summed E-state index contributed by atoms with van der Waals surface area (Å²) in [6.07, 6.45) is 0. The van der Waals surface area contributed by atoms with Gasteiger partial charge in [0, 0.05) is 6.07 Å². The topological polar surface area (TPSA) is 61.2 Å². The Morgan fingerprint density at radius 3 is 2.64 bits per heavy atom. The van der Waals surface area contributed by atoms with Crippen LogP contribution in [-0.2, 0) is 4.74 Å². The zero-order valence-electron chi connectivity index (χ0n) is 8.35. The first-order valence-electron chi connectivity index (χ1n) is 4.24. The van der Waals surface area contributed by atoms with Crippen LogP contribution < -0.4 is 5.56 Å². The van der Waals surface area contributed by atoms with Crippen LogP contribution >= 0.6 is 0 Å². The molecule has 76 valence electrons. The minimum atomic E-state index is -0.542. The molecular weight excluding hydrogens is 184 g/mol. The highest BCUT2D eigenvalue weighted by Crippen LogP contribution is 1.99. The van der Waals surface area contributed by atoms with Crippen molar-refractivity contribution in [1.82, 2.24) is 9.78 Å². The summed E-state index contributed by atoms with van der Waals surface area (Å²) in [5, 5.41) is 3.87. The summed E-state index contributed by atoms with van der Waals surface area (Å²) in [4.78, 5) is 22.4. The van der Waals surface area contributed by atoms with Gasteiger partial charge in [-0.3, -0.25) is 4.79 Å². The number of aromatic nitrogens is 2. The third-order valence-corrected chi connectivity index (χ3v) is 1.71. The first-order chi connectivity index (χ1) is 6.56. The number of hydrogen-bond donors (Lipinski definition) is 0. The molecule has 0 fully saturated rings. The lowest BCUT2D eigenvalue weighted by Gasteiger charge is -2.08. The summed E-state index contributed by atoms with van der Waals surface area (Å²) >= 11 is 0. The lowest BCUT2D eigenvalue weighted by Crippen LogP contribution is -2.26. The van der Waals surface area contributed by atoms with E-state index in [4.69, 9.17) is 0 Å². The molecular formula is C9H12N2O3. The highest BCUT2D eigenvalue weighted by Gasteiger charge is 2.10. The minimum absolute atomic E-state index is 0.0768. The van der Waals surface area contributed by atoms with Crippen LogP contribution in [0, 0.1) is 0 Å². The molecule has 0 aromatic carbocycles. The highest BCUT2D eigenvalue weighted by molar-refractivity contribution is 5.86. The van der Waals surface area contributed by atoms with Crippen molar-refractivity contribution >= 4 is 5.97 Å². The molecule has 0 atom stereocenters. The van der Waals surface area contributed by atoms with Gasteiger partial charge >= 0.3 is 5.97 Å². The Kier molecular flexibility index (Phi) is 3.01. The van der Waals surface area contributed by atoms with E-state index >= 15 is 0 Å². The van der Waals surface area contributed by atoms with Crippen LogP contribution in [0.4, 0.5) is 0 Å². The van der Waals surface area contributed by atoms with Crippen molar-refractivity contribution in [3.05, 3.63) is 28.2 Å². The number of ether oxygens (including phenoxy) is 1. The van der Waals surface area contributed by atoms with Gasteiger partial charge in [-0.05, 0) is 19.9 Å². The predicted octanol–water partition coefficient (Wildman–Crippen LogP) is 0.611. The molecule has 0 unspecified atom stereocenters. The summed E-state index contributed by atoms with van der Waals surface area (Å²) in [5.74, 6) is -0.542. The monoisotopic (exact) mass is 196 g/mol. The number of nitrogens with zero attached hydrogens (tertiary/aromatic N) is 2. The fourth-order valence-corrected chi connectivity index (χ4v) is 1.01. The molecule has 0 bridgehead atoms. The second kappa shape index (κ2) is 4.04. The molecule has 0 amide bonds. The van der Waals surface area contributed by atoms with E-state index < -0.39 is 5.97 Å². The average molecular weight is 196 g/mol. The number of rotatable bonds is 2. The van der Waals surface area contributed by atoms with E-state index in [1.54, 1.807) is 0 Å². The van der Waals surface area contributed by atoms with Crippen molar-refractivity contribution in [2.75, 3.05) is 7.11 Å². The van der Waals surface area contributed by atoms with Crippen molar-refractivity contribution in [2.45, 2.75) is 19.9 Å². The molecule has 0 aliphatic carbocycles. The van der Waals surface area contributed by atoms with Crippen molar-refractivity contribution in [3.8, 4) is 0 Å². The van der Waals surface area contributed by atoms with E-state index in [0.29, 0.717) is 0 Å². The van der Waals surface area contributed by atoms with Crippen LogP contribution in [0.3, 0.4) is 0 Å². The molecule has 14 heavy (non-hydrogen) atoms. The normalized spacial score (nSPS) is 10.3. The Labute approximate surface area is 81.3 Å². The van der Waals surface area contributed by atoms with Crippen molar-refractivity contribution in [2.24, 2.45) is 0 Å². The van der Waals surface area contributed by atoms with Crippen LogP contribution in [0.15, 0.2) is 16.9 Å². The predicted molar refractivity (Wildman–Crippen MR) is 50.2 cm³/mol. The van der Waals surface area contributed by atoms with Crippen LogP contribution in [0.1, 0.15) is 30.4 Å². The van der Waals surface area contributed by atoms with Gasteiger partial charge in [0.25, 0.3) is 5.56 Å². The summed E-state index contributed by atoms with van der Waals surface area (Å²) in [5.41, 5.74) is -0.0894. The lowest BCUT2D eigenvalue weighted by molar-refractivity contribution is 0.0590. The molecule has 5 nitrogen and oxygen atoms in total. The van der Waals surface area contributed by atoms with Gasteiger partial charge in [-0.15, -0.1) is 0 Å².